The van der Waals surface area contributed by atoms with Crippen molar-refractivity contribution in [1.29, 1.82) is 0 Å². The Bertz CT molecular complexity index is 257. The lowest BCUT2D eigenvalue weighted by Crippen LogP contribution is -1.94. The van der Waals surface area contributed by atoms with E-state index in [4.69, 9.17) is 20.4 Å². The number of aliphatic hydroxyl groups excluding tert-OH is 1. The van der Waals surface area contributed by atoms with Crippen molar-refractivity contribution in [3.05, 3.63) is 23.8 Å². The van der Waals surface area contributed by atoms with Crippen molar-refractivity contribution in [2.75, 3.05) is 0 Å². The van der Waals surface area contributed by atoms with Crippen LogP contribution >= 0.6 is 0 Å². The Kier molecular flexibility index (Phi) is 1.98. The van der Waals surface area contributed by atoms with Crippen LogP contribution in [0, 0.1) is 0 Å². The van der Waals surface area contributed by atoms with Gasteiger partial charge in [-0.1, -0.05) is 6.07 Å². The van der Waals surface area contributed by atoms with Crippen LogP contribution in [0.4, 0.5) is 0 Å². The second kappa shape index (κ2) is 2.77. The summed E-state index contributed by atoms with van der Waals surface area (Å²) in [5.74, 6) is -0.863. The molecule has 0 aliphatic rings. The molecule has 4 heteroatoms. The van der Waals surface area contributed by atoms with Gasteiger partial charge in [-0.05, 0) is 12.1 Å². The molecule has 11 heavy (non-hydrogen) atoms. The highest BCUT2D eigenvalue weighted by atomic mass is 16.5. The third-order valence-corrected chi connectivity index (χ3v) is 1.32. The van der Waals surface area contributed by atoms with E-state index in [1.54, 1.807) is 0 Å². The first-order valence-corrected chi connectivity index (χ1v) is 3.00. The first kappa shape index (κ1) is 7.84. The van der Waals surface area contributed by atoms with Crippen LogP contribution in [0.25, 0.3) is 0 Å². The molecular formula is C7H8O4. The molecule has 4 N–H and O–H groups in total. The fourth-order valence-electron chi connectivity index (χ4n) is 0.757. The fourth-order valence-corrected chi connectivity index (χ4v) is 0.757. The van der Waals surface area contributed by atoms with Gasteiger partial charge in [-0.15, -0.1) is 0 Å². The molecule has 0 radical (unpaired) electrons. The molecule has 0 bridgehead atoms. The molecule has 0 aliphatic heterocycles. The number of hydrogen-bond donors (Lipinski definition) is 4. The van der Waals surface area contributed by atoms with E-state index >= 15 is 0 Å². The minimum atomic E-state index is -1.76. The number of aromatic hydroxyl groups is 2. The van der Waals surface area contributed by atoms with Gasteiger partial charge in [0.1, 0.15) is 0 Å². The van der Waals surface area contributed by atoms with Gasteiger partial charge in [0.05, 0.1) is 5.56 Å². The van der Waals surface area contributed by atoms with Gasteiger partial charge >= 0.3 is 0 Å². The average molecular weight is 156 g/mol. The molecule has 0 aromatic heterocycles. The topological polar surface area (TPSA) is 80.9 Å². The van der Waals surface area contributed by atoms with Crippen molar-refractivity contribution in [1.82, 2.24) is 0 Å². The van der Waals surface area contributed by atoms with Crippen molar-refractivity contribution < 1.29 is 20.4 Å². The van der Waals surface area contributed by atoms with Crippen LogP contribution in [-0.2, 0) is 0 Å². The maximum atomic E-state index is 9.00. The van der Waals surface area contributed by atoms with E-state index < -0.39 is 12.0 Å². The number of para-hydroxylation sites is 1. The van der Waals surface area contributed by atoms with E-state index in [0.29, 0.717) is 0 Å². The van der Waals surface area contributed by atoms with Crippen LogP contribution < -0.4 is 0 Å². The first-order chi connectivity index (χ1) is 5.13. The van der Waals surface area contributed by atoms with Crippen LogP contribution in [0.5, 0.6) is 11.5 Å². The smallest absolute Gasteiger partial charge is 0.182 e. The molecule has 0 fully saturated rings. The molecule has 0 atom stereocenters. The highest BCUT2D eigenvalue weighted by Gasteiger charge is 2.10. The lowest BCUT2D eigenvalue weighted by Gasteiger charge is -2.06. The molecule has 1 rings (SSSR count). The summed E-state index contributed by atoms with van der Waals surface area (Å²) in [6.07, 6.45) is -1.76. The Balaban J connectivity index is 3.17. The Labute approximate surface area is 63.0 Å². The maximum absolute atomic E-state index is 9.00. The van der Waals surface area contributed by atoms with Gasteiger partial charge in [0.2, 0.25) is 0 Å². The quantitative estimate of drug-likeness (QED) is 0.343. The number of aliphatic hydroxyl groups is 2. The minimum absolute atomic E-state index is 0.106. The third-order valence-electron chi connectivity index (χ3n) is 1.32. The van der Waals surface area contributed by atoms with Crippen molar-refractivity contribution in [3.63, 3.8) is 0 Å². The molecule has 0 saturated carbocycles. The molecule has 1 aromatic carbocycles. The summed E-state index contributed by atoms with van der Waals surface area (Å²) in [5, 5.41) is 35.1. The van der Waals surface area contributed by atoms with Crippen molar-refractivity contribution in [3.8, 4) is 11.5 Å². The summed E-state index contributed by atoms with van der Waals surface area (Å²) < 4.78 is 0. The van der Waals surface area contributed by atoms with E-state index in [2.05, 4.69) is 0 Å². The summed E-state index contributed by atoms with van der Waals surface area (Å²) in [7, 11) is 0. The summed E-state index contributed by atoms with van der Waals surface area (Å²) in [4.78, 5) is 0. The largest absolute Gasteiger partial charge is 0.504 e. The molecule has 4 nitrogen and oxygen atoms in total. The number of phenolic OH excluding ortho intramolecular Hbond substituents is 2. The Morgan fingerprint density at radius 2 is 1.73 bits per heavy atom. The summed E-state index contributed by atoms with van der Waals surface area (Å²) in [6, 6.07) is 3.96. The Morgan fingerprint density at radius 1 is 1.09 bits per heavy atom. The molecule has 0 aliphatic carbocycles. The molecule has 0 spiro atoms. The zero-order valence-corrected chi connectivity index (χ0v) is 5.60. The third kappa shape index (κ3) is 1.42. The normalized spacial score (nSPS) is 10.5. The zero-order valence-electron chi connectivity index (χ0n) is 5.60. The molecule has 0 heterocycles. The first-order valence-electron chi connectivity index (χ1n) is 3.00. The van der Waals surface area contributed by atoms with Crippen LogP contribution in [0.15, 0.2) is 18.2 Å². The van der Waals surface area contributed by atoms with E-state index in [9.17, 15) is 0 Å². The molecule has 0 amide bonds. The Hall–Kier alpha value is -1.26. The second-order valence-electron chi connectivity index (χ2n) is 2.09. The van der Waals surface area contributed by atoms with Crippen LogP contribution in [0.2, 0.25) is 0 Å². The summed E-state index contributed by atoms with van der Waals surface area (Å²) >= 11 is 0. The van der Waals surface area contributed by atoms with Gasteiger partial charge in [0.25, 0.3) is 0 Å². The molecular weight excluding hydrogens is 148 g/mol. The SMILES string of the molecule is Oc1cccc(C(O)O)c1O. The predicted octanol–water partition coefficient (Wildman–Crippen LogP) is 0.0810. The maximum Gasteiger partial charge on any atom is 0.182 e. The van der Waals surface area contributed by atoms with Crippen LogP contribution in [-0.4, -0.2) is 20.4 Å². The number of benzene rings is 1. The predicted molar refractivity (Wildman–Crippen MR) is 37.0 cm³/mol. The fraction of sp³-hybridized carbons (Fsp3) is 0.143. The van der Waals surface area contributed by atoms with E-state index in [-0.39, 0.29) is 11.3 Å². The van der Waals surface area contributed by atoms with Crippen LogP contribution in [0.3, 0.4) is 0 Å². The second-order valence-corrected chi connectivity index (χ2v) is 2.09. The lowest BCUT2D eigenvalue weighted by molar-refractivity contribution is -0.0440. The number of phenols is 2. The van der Waals surface area contributed by atoms with Gasteiger partial charge in [0.15, 0.2) is 17.8 Å². The van der Waals surface area contributed by atoms with Gasteiger partial charge in [0, 0.05) is 0 Å². The van der Waals surface area contributed by atoms with Gasteiger partial charge < -0.3 is 20.4 Å². The monoisotopic (exact) mass is 156 g/mol. The van der Waals surface area contributed by atoms with Gasteiger partial charge in [-0.2, -0.15) is 0 Å². The van der Waals surface area contributed by atoms with Crippen LogP contribution in [0.1, 0.15) is 11.9 Å². The minimum Gasteiger partial charge on any atom is -0.504 e. The van der Waals surface area contributed by atoms with E-state index in [1.807, 2.05) is 0 Å². The zero-order chi connectivity index (χ0) is 8.43. The molecule has 0 unspecified atom stereocenters. The molecule has 60 valence electrons. The molecule has 0 saturated heterocycles. The van der Waals surface area contributed by atoms with E-state index in [1.165, 1.54) is 18.2 Å². The van der Waals surface area contributed by atoms with E-state index in [0.717, 1.165) is 0 Å². The lowest BCUT2D eigenvalue weighted by atomic mass is 10.2. The number of rotatable bonds is 1. The highest BCUT2D eigenvalue weighted by Crippen LogP contribution is 2.31. The van der Waals surface area contributed by atoms with Crippen molar-refractivity contribution in [2.24, 2.45) is 0 Å². The standard InChI is InChI=1S/C7H8O4/c8-5-3-1-2-4(6(5)9)7(10)11/h1-3,7-11H. The van der Waals surface area contributed by atoms with Crippen molar-refractivity contribution in [2.45, 2.75) is 6.29 Å². The van der Waals surface area contributed by atoms with Gasteiger partial charge in [-0.3, -0.25) is 0 Å². The highest BCUT2D eigenvalue weighted by molar-refractivity contribution is 5.44. The number of hydrogen-bond acceptors (Lipinski definition) is 4. The molecule has 1 aromatic rings. The summed E-state index contributed by atoms with van der Waals surface area (Å²) in [6.45, 7) is 0. The summed E-state index contributed by atoms with van der Waals surface area (Å²) in [5.41, 5.74) is -0.106. The van der Waals surface area contributed by atoms with Crippen molar-refractivity contribution >= 4 is 0 Å². The average Bonchev–Trinajstić information content (AvgIpc) is 1.94. The Morgan fingerprint density at radius 3 is 2.18 bits per heavy atom. The van der Waals surface area contributed by atoms with Gasteiger partial charge in [-0.25, -0.2) is 0 Å².